The maximum Gasteiger partial charge on any atom is 0.275 e. The number of thiophene rings is 1. The van der Waals surface area contributed by atoms with Crippen molar-refractivity contribution in [1.29, 1.82) is 0 Å². The van der Waals surface area contributed by atoms with Crippen LogP contribution in [-0.2, 0) is 23.1 Å². The van der Waals surface area contributed by atoms with Crippen molar-refractivity contribution < 1.29 is 12.8 Å². The van der Waals surface area contributed by atoms with Crippen molar-refractivity contribution in [2.75, 3.05) is 14.1 Å². The monoisotopic (exact) mass is 314 g/mol. The predicted molar refractivity (Wildman–Crippen MR) is 79.2 cm³/mol. The lowest BCUT2D eigenvalue weighted by atomic mass is 10.4. The molecule has 0 atom stereocenters. The first-order valence-electron chi connectivity index (χ1n) is 6.17. The Morgan fingerprint density at radius 2 is 1.95 bits per heavy atom. The van der Waals surface area contributed by atoms with Gasteiger partial charge in [-0.3, -0.25) is 0 Å². The van der Waals surface area contributed by atoms with Gasteiger partial charge in [-0.15, -0.1) is 11.3 Å². The fourth-order valence-electron chi connectivity index (χ4n) is 1.66. The number of rotatable bonds is 6. The molecule has 0 radical (unpaired) electrons. The van der Waals surface area contributed by atoms with Gasteiger partial charge < -0.3 is 9.73 Å². The molecule has 0 unspecified atom stereocenters. The number of hydrogen-bond donors (Lipinski definition) is 1. The third kappa shape index (κ3) is 3.49. The minimum absolute atomic E-state index is 0.0220. The lowest BCUT2D eigenvalue weighted by Gasteiger charge is -2.07. The third-order valence-electron chi connectivity index (χ3n) is 2.77. The highest BCUT2D eigenvalue weighted by molar-refractivity contribution is 7.88. The zero-order chi connectivity index (χ0) is 14.8. The van der Waals surface area contributed by atoms with Crippen molar-refractivity contribution in [3.8, 4) is 0 Å². The largest absolute Gasteiger partial charge is 0.447 e. The van der Waals surface area contributed by atoms with Gasteiger partial charge in [-0.1, -0.05) is 0 Å². The lowest BCUT2D eigenvalue weighted by molar-refractivity contribution is 0.389. The summed E-state index contributed by atoms with van der Waals surface area (Å²) in [5.74, 6) is 0.610. The second kappa shape index (κ2) is 6.09. The van der Waals surface area contributed by atoms with E-state index in [-0.39, 0.29) is 5.09 Å². The molecule has 7 heteroatoms. The van der Waals surface area contributed by atoms with E-state index in [2.05, 4.69) is 24.4 Å². The van der Waals surface area contributed by atoms with E-state index in [1.165, 1.54) is 29.9 Å². The maximum atomic E-state index is 11.9. The zero-order valence-electron chi connectivity index (χ0n) is 11.7. The number of furan rings is 1. The fourth-order valence-corrected chi connectivity index (χ4v) is 3.33. The molecule has 0 saturated heterocycles. The lowest BCUT2D eigenvalue weighted by Crippen LogP contribution is -2.21. The van der Waals surface area contributed by atoms with Gasteiger partial charge in [0.15, 0.2) is 0 Å². The quantitative estimate of drug-likeness (QED) is 0.888. The summed E-state index contributed by atoms with van der Waals surface area (Å²) in [4.78, 5) is 2.52. The molecule has 0 spiro atoms. The van der Waals surface area contributed by atoms with Crippen LogP contribution in [-0.4, -0.2) is 26.8 Å². The Kier molecular flexibility index (Phi) is 4.64. The van der Waals surface area contributed by atoms with Gasteiger partial charge in [0, 0.05) is 30.4 Å². The Hall–Kier alpha value is -1.15. The summed E-state index contributed by atoms with van der Waals surface area (Å²) in [6.45, 7) is 3.31. The first-order valence-corrected chi connectivity index (χ1v) is 8.42. The van der Waals surface area contributed by atoms with E-state index in [1.807, 2.05) is 0 Å². The maximum absolute atomic E-state index is 11.9. The number of nitrogens with zero attached hydrogens (tertiary/aromatic N) is 1. The van der Waals surface area contributed by atoms with Crippen LogP contribution in [0.3, 0.4) is 0 Å². The molecule has 0 fully saturated rings. The van der Waals surface area contributed by atoms with Crippen LogP contribution in [0.4, 0.5) is 0 Å². The van der Waals surface area contributed by atoms with Crippen LogP contribution < -0.4 is 5.32 Å². The van der Waals surface area contributed by atoms with Gasteiger partial charge >= 0.3 is 0 Å². The molecule has 0 bridgehead atoms. The van der Waals surface area contributed by atoms with Gasteiger partial charge in [0.05, 0.1) is 6.54 Å². The molecule has 2 rings (SSSR count). The molecule has 2 aromatic rings. The number of nitrogens with one attached hydrogen (secondary N) is 1. The minimum atomic E-state index is -3.49. The Morgan fingerprint density at radius 3 is 2.55 bits per heavy atom. The van der Waals surface area contributed by atoms with Crippen LogP contribution in [0.1, 0.15) is 15.5 Å². The van der Waals surface area contributed by atoms with E-state index in [1.54, 1.807) is 17.4 Å². The van der Waals surface area contributed by atoms with E-state index in [4.69, 9.17) is 4.42 Å². The summed E-state index contributed by atoms with van der Waals surface area (Å²) in [7, 11) is -0.527. The molecule has 20 heavy (non-hydrogen) atoms. The third-order valence-corrected chi connectivity index (χ3v) is 5.46. The second-order valence-corrected chi connectivity index (χ2v) is 8.08. The van der Waals surface area contributed by atoms with Crippen LogP contribution >= 0.6 is 11.3 Å². The van der Waals surface area contributed by atoms with E-state index in [9.17, 15) is 8.42 Å². The normalized spacial score (nSPS) is 12.2. The highest BCUT2D eigenvalue weighted by Gasteiger charge is 2.21. The van der Waals surface area contributed by atoms with Crippen molar-refractivity contribution in [3.05, 3.63) is 39.8 Å². The van der Waals surface area contributed by atoms with E-state index < -0.39 is 10.0 Å². The SMILES string of the molecule is Cc1ccc(CNCc2ccc(S(=O)(=O)N(C)C)o2)s1. The van der Waals surface area contributed by atoms with Crippen LogP contribution in [0, 0.1) is 6.92 Å². The number of sulfonamides is 1. The average molecular weight is 314 g/mol. The molecule has 2 aromatic heterocycles. The summed E-state index contributed by atoms with van der Waals surface area (Å²) < 4.78 is 30.2. The molecule has 0 amide bonds. The molecule has 5 nitrogen and oxygen atoms in total. The summed E-state index contributed by atoms with van der Waals surface area (Å²) in [5.41, 5.74) is 0. The summed E-state index contributed by atoms with van der Waals surface area (Å²) >= 11 is 1.74. The Labute approximate surface area is 123 Å². The van der Waals surface area contributed by atoms with Gasteiger partial charge in [-0.2, -0.15) is 0 Å². The molecule has 110 valence electrons. The van der Waals surface area contributed by atoms with Crippen LogP contribution in [0.5, 0.6) is 0 Å². The smallest absolute Gasteiger partial charge is 0.275 e. The summed E-state index contributed by atoms with van der Waals surface area (Å²) in [6.07, 6.45) is 0. The van der Waals surface area contributed by atoms with Crippen molar-refractivity contribution in [3.63, 3.8) is 0 Å². The standard InChI is InChI=1S/C13H18N2O3S2/c1-10-4-6-12(19-10)9-14-8-11-5-7-13(18-11)20(16,17)15(2)3/h4-7,14H,8-9H2,1-3H3. The van der Waals surface area contributed by atoms with Crippen LogP contribution in [0.2, 0.25) is 0 Å². The van der Waals surface area contributed by atoms with E-state index >= 15 is 0 Å². The molecule has 0 aliphatic heterocycles. The van der Waals surface area contributed by atoms with Crippen molar-refractivity contribution >= 4 is 21.4 Å². The van der Waals surface area contributed by atoms with E-state index in [0.29, 0.717) is 12.3 Å². The Bertz CT molecular complexity index is 671. The van der Waals surface area contributed by atoms with E-state index in [0.717, 1.165) is 10.8 Å². The predicted octanol–water partition coefficient (Wildman–Crippen LogP) is 2.19. The molecule has 1 N–H and O–H groups in total. The molecular formula is C13H18N2O3S2. The second-order valence-electron chi connectivity index (χ2n) is 4.62. The first kappa shape index (κ1) is 15.2. The molecular weight excluding hydrogens is 296 g/mol. The number of aryl methyl sites for hydroxylation is 1. The highest BCUT2D eigenvalue weighted by atomic mass is 32.2. The first-order chi connectivity index (χ1) is 9.39. The van der Waals surface area contributed by atoms with Crippen molar-refractivity contribution in [2.24, 2.45) is 0 Å². The molecule has 2 heterocycles. The van der Waals surface area contributed by atoms with Gasteiger partial charge in [0.1, 0.15) is 5.76 Å². The molecule has 0 aliphatic rings. The van der Waals surface area contributed by atoms with Gasteiger partial charge in [-0.25, -0.2) is 12.7 Å². The van der Waals surface area contributed by atoms with Crippen LogP contribution in [0.25, 0.3) is 0 Å². The fraction of sp³-hybridized carbons (Fsp3) is 0.385. The molecule has 0 saturated carbocycles. The summed E-state index contributed by atoms with van der Waals surface area (Å²) in [5, 5.41) is 3.21. The number of hydrogen-bond acceptors (Lipinski definition) is 5. The van der Waals surface area contributed by atoms with Crippen LogP contribution in [0.15, 0.2) is 33.8 Å². The topological polar surface area (TPSA) is 62.6 Å². The summed E-state index contributed by atoms with van der Waals surface area (Å²) in [6, 6.07) is 7.33. The zero-order valence-corrected chi connectivity index (χ0v) is 13.3. The van der Waals surface area contributed by atoms with Gasteiger partial charge in [0.2, 0.25) is 5.09 Å². The molecule has 0 aromatic carbocycles. The van der Waals surface area contributed by atoms with Crippen molar-refractivity contribution in [2.45, 2.75) is 25.1 Å². The minimum Gasteiger partial charge on any atom is -0.447 e. The Morgan fingerprint density at radius 1 is 1.20 bits per heavy atom. The highest BCUT2D eigenvalue weighted by Crippen LogP contribution is 2.17. The molecule has 0 aliphatic carbocycles. The van der Waals surface area contributed by atoms with Gasteiger partial charge in [0.25, 0.3) is 10.0 Å². The average Bonchev–Trinajstić information content (AvgIpc) is 2.99. The van der Waals surface area contributed by atoms with Gasteiger partial charge in [-0.05, 0) is 31.2 Å². The van der Waals surface area contributed by atoms with Crippen molar-refractivity contribution in [1.82, 2.24) is 9.62 Å². The Balaban J connectivity index is 1.93.